The topological polar surface area (TPSA) is 85.1 Å². The number of nitrogens with two attached hydrogens (primary N) is 1. The van der Waals surface area contributed by atoms with Crippen LogP contribution in [0, 0.1) is 5.82 Å². The number of anilines is 2. The highest BCUT2D eigenvalue weighted by Crippen LogP contribution is 2.29. The smallest absolute Gasteiger partial charge is 0.414 e. The monoisotopic (exact) mass is 369 g/mol. The van der Waals surface area contributed by atoms with E-state index in [-0.39, 0.29) is 19.0 Å². The summed E-state index contributed by atoms with van der Waals surface area (Å²) < 4.78 is 24.3. The van der Waals surface area contributed by atoms with Gasteiger partial charge in [0.15, 0.2) is 6.10 Å². The van der Waals surface area contributed by atoms with Gasteiger partial charge >= 0.3 is 12.2 Å². The van der Waals surface area contributed by atoms with E-state index in [0.717, 1.165) is 31.0 Å². The van der Waals surface area contributed by atoms with E-state index in [0.29, 0.717) is 11.4 Å². The van der Waals surface area contributed by atoms with Gasteiger partial charge in [0.2, 0.25) is 0 Å². The van der Waals surface area contributed by atoms with Gasteiger partial charge in [-0.3, -0.25) is 4.90 Å². The highest BCUT2D eigenvalue weighted by Gasteiger charge is 2.33. The van der Waals surface area contributed by atoms with Crippen molar-refractivity contribution in [2.75, 3.05) is 47.5 Å². The summed E-state index contributed by atoms with van der Waals surface area (Å²) in [7, 11) is 0. The molecule has 1 aromatic carbocycles. The van der Waals surface area contributed by atoms with Gasteiger partial charge in [-0.15, -0.1) is 0 Å². The standard InChI is InChI=1S/C16H20FN3O4S/c17-13-8-11(2-3-14(13)19-4-1-6-25-7-5-19)20-9-12(24-16(20)22)10-23-15(18)21/h2-3,8,12H,1,4-7,9-10H2,(H2,18,21). The van der Waals surface area contributed by atoms with Gasteiger partial charge in [0.05, 0.1) is 17.9 Å². The zero-order valence-electron chi connectivity index (χ0n) is 13.7. The van der Waals surface area contributed by atoms with Crippen molar-refractivity contribution in [2.24, 2.45) is 5.73 Å². The Morgan fingerprint density at radius 3 is 3.00 bits per heavy atom. The second kappa shape index (κ2) is 7.81. The first kappa shape index (κ1) is 17.7. The molecule has 2 aliphatic heterocycles. The van der Waals surface area contributed by atoms with Crippen LogP contribution in [0.1, 0.15) is 6.42 Å². The van der Waals surface area contributed by atoms with Gasteiger partial charge < -0.3 is 20.1 Å². The second-order valence-corrected chi connectivity index (χ2v) is 7.06. The van der Waals surface area contributed by atoms with Crippen molar-refractivity contribution in [1.82, 2.24) is 0 Å². The summed E-state index contributed by atoms with van der Waals surface area (Å²) in [6.45, 7) is 1.68. The largest absolute Gasteiger partial charge is 0.446 e. The Labute approximate surface area is 149 Å². The Hall–Kier alpha value is -2.16. The maximum absolute atomic E-state index is 14.6. The van der Waals surface area contributed by atoms with Crippen molar-refractivity contribution in [3.05, 3.63) is 24.0 Å². The molecule has 2 amide bonds. The first-order valence-electron chi connectivity index (χ1n) is 8.07. The fourth-order valence-corrected chi connectivity index (χ4v) is 3.79. The molecule has 2 heterocycles. The zero-order valence-corrected chi connectivity index (χ0v) is 14.5. The van der Waals surface area contributed by atoms with Crippen molar-refractivity contribution in [3.8, 4) is 0 Å². The number of rotatable bonds is 4. The minimum atomic E-state index is -0.930. The number of nitrogens with zero attached hydrogens (tertiary/aromatic N) is 2. The molecule has 0 bridgehead atoms. The summed E-state index contributed by atoms with van der Waals surface area (Å²) in [6.07, 6.45) is -1.13. The van der Waals surface area contributed by atoms with E-state index in [1.54, 1.807) is 12.1 Å². The summed E-state index contributed by atoms with van der Waals surface area (Å²) in [5, 5.41) is 0. The number of benzene rings is 1. The first-order chi connectivity index (χ1) is 12.0. The number of halogens is 1. The van der Waals surface area contributed by atoms with Crippen LogP contribution >= 0.6 is 11.8 Å². The number of primary amides is 1. The third-order valence-corrected chi connectivity index (χ3v) is 5.14. The molecule has 0 radical (unpaired) electrons. The third-order valence-electron chi connectivity index (χ3n) is 4.09. The molecule has 1 unspecified atom stereocenters. The average Bonchev–Trinajstić information content (AvgIpc) is 2.78. The van der Waals surface area contributed by atoms with Crippen LogP contribution in [0.2, 0.25) is 0 Å². The minimum absolute atomic E-state index is 0.121. The van der Waals surface area contributed by atoms with Crippen LogP contribution in [-0.2, 0) is 9.47 Å². The molecule has 2 aliphatic rings. The molecule has 0 aliphatic carbocycles. The van der Waals surface area contributed by atoms with Crippen molar-refractivity contribution in [2.45, 2.75) is 12.5 Å². The predicted molar refractivity (Wildman–Crippen MR) is 93.7 cm³/mol. The van der Waals surface area contributed by atoms with E-state index in [1.807, 2.05) is 16.7 Å². The molecule has 2 saturated heterocycles. The molecule has 1 aromatic rings. The van der Waals surface area contributed by atoms with Gasteiger partial charge in [-0.25, -0.2) is 14.0 Å². The summed E-state index contributed by atoms with van der Waals surface area (Å²) >= 11 is 1.87. The Balaban J connectivity index is 1.69. The first-order valence-corrected chi connectivity index (χ1v) is 9.22. The van der Waals surface area contributed by atoms with E-state index in [4.69, 9.17) is 10.5 Å². The molecule has 2 fully saturated rings. The van der Waals surface area contributed by atoms with E-state index < -0.39 is 18.3 Å². The Kier molecular flexibility index (Phi) is 5.52. The SMILES string of the molecule is NC(=O)OCC1CN(c2ccc(N3CCCSCC3)c(F)c2)C(=O)O1. The van der Waals surface area contributed by atoms with Crippen LogP contribution in [0.4, 0.5) is 25.4 Å². The van der Waals surface area contributed by atoms with E-state index >= 15 is 0 Å². The van der Waals surface area contributed by atoms with Crippen molar-refractivity contribution >= 4 is 35.3 Å². The highest BCUT2D eigenvalue weighted by molar-refractivity contribution is 7.99. The Morgan fingerprint density at radius 2 is 2.24 bits per heavy atom. The molecule has 9 heteroatoms. The minimum Gasteiger partial charge on any atom is -0.446 e. The van der Waals surface area contributed by atoms with E-state index in [1.165, 1.54) is 11.0 Å². The van der Waals surface area contributed by atoms with Crippen LogP contribution < -0.4 is 15.5 Å². The van der Waals surface area contributed by atoms with E-state index in [2.05, 4.69) is 4.74 Å². The van der Waals surface area contributed by atoms with Crippen LogP contribution in [0.5, 0.6) is 0 Å². The molecule has 1 atom stereocenters. The number of hydrogen-bond donors (Lipinski definition) is 1. The van der Waals surface area contributed by atoms with Gasteiger partial charge in [-0.2, -0.15) is 11.8 Å². The summed E-state index contributed by atoms with van der Waals surface area (Å²) in [6, 6.07) is 4.74. The number of carbonyl (C=O) groups is 2. The summed E-state index contributed by atoms with van der Waals surface area (Å²) in [5.41, 5.74) is 5.86. The molecule has 25 heavy (non-hydrogen) atoms. The lowest BCUT2D eigenvalue weighted by Gasteiger charge is -2.24. The van der Waals surface area contributed by atoms with Crippen molar-refractivity contribution in [1.29, 1.82) is 0 Å². The second-order valence-electron chi connectivity index (χ2n) is 5.84. The third kappa shape index (κ3) is 4.28. The zero-order chi connectivity index (χ0) is 17.8. The molecular weight excluding hydrogens is 349 g/mol. The lowest BCUT2D eigenvalue weighted by atomic mass is 10.2. The van der Waals surface area contributed by atoms with E-state index in [9.17, 15) is 14.0 Å². The number of ether oxygens (including phenoxy) is 2. The summed E-state index contributed by atoms with van der Waals surface area (Å²) in [5.74, 6) is 1.69. The molecule has 0 aromatic heterocycles. The van der Waals surface area contributed by atoms with Gasteiger partial charge in [0.25, 0.3) is 0 Å². The maximum Gasteiger partial charge on any atom is 0.414 e. The highest BCUT2D eigenvalue weighted by atomic mass is 32.2. The predicted octanol–water partition coefficient (Wildman–Crippen LogP) is 2.19. The number of cyclic esters (lactones) is 1. The number of hydrogen-bond acceptors (Lipinski definition) is 6. The number of thioether (sulfide) groups is 1. The molecule has 0 spiro atoms. The number of carbonyl (C=O) groups excluding carboxylic acids is 2. The molecule has 0 saturated carbocycles. The fourth-order valence-electron chi connectivity index (χ4n) is 2.90. The maximum atomic E-state index is 14.6. The molecule has 3 rings (SSSR count). The number of amides is 2. The van der Waals surface area contributed by atoms with Crippen molar-refractivity contribution < 1.29 is 23.5 Å². The lowest BCUT2D eigenvalue weighted by Crippen LogP contribution is -2.28. The molecular formula is C16H20FN3O4S. The van der Waals surface area contributed by atoms with Gasteiger partial charge in [-0.1, -0.05) is 0 Å². The molecule has 136 valence electrons. The van der Waals surface area contributed by atoms with Crippen LogP contribution in [0.3, 0.4) is 0 Å². The van der Waals surface area contributed by atoms with Gasteiger partial charge in [-0.05, 0) is 30.4 Å². The van der Waals surface area contributed by atoms with Crippen molar-refractivity contribution in [3.63, 3.8) is 0 Å². The van der Waals surface area contributed by atoms with Gasteiger partial charge in [0, 0.05) is 18.8 Å². The molecule has 7 nitrogen and oxygen atoms in total. The van der Waals surface area contributed by atoms with Crippen LogP contribution in [0.25, 0.3) is 0 Å². The van der Waals surface area contributed by atoms with Crippen LogP contribution in [0.15, 0.2) is 18.2 Å². The average molecular weight is 369 g/mol. The Morgan fingerprint density at radius 1 is 1.40 bits per heavy atom. The normalized spacial score (nSPS) is 21.0. The fraction of sp³-hybridized carbons (Fsp3) is 0.500. The lowest BCUT2D eigenvalue weighted by molar-refractivity contribution is 0.0779. The van der Waals surface area contributed by atoms with Gasteiger partial charge in [0.1, 0.15) is 12.4 Å². The Bertz CT molecular complexity index is 652. The van der Waals surface area contributed by atoms with Crippen LogP contribution in [-0.4, -0.2) is 56.0 Å². The summed E-state index contributed by atoms with van der Waals surface area (Å²) in [4.78, 5) is 26.0. The quantitative estimate of drug-likeness (QED) is 0.876. The molecule has 2 N–H and O–H groups in total.